The molecule has 1 unspecified atom stereocenters. The van der Waals surface area contributed by atoms with Gasteiger partial charge in [0.25, 0.3) is 0 Å². The number of hydrogen-bond acceptors (Lipinski definition) is 1. The molecule has 0 rings (SSSR count). The Balaban J connectivity index is 4.63. The maximum atomic E-state index is 10.2. The third-order valence-electron chi connectivity index (χ3n) is 2.01. The Bertz CT molecular complexity index is 284. The predicted molar refractivity (Wildman–Crippen MR) is 69.0 cm³/mol. The van der Waals surface area contributed by atoms with E-state index in [1.54, 1.807) is 0 Å². The van der Waals surface area contributed by atoms with Crippen LogP contribution in [0.25, 0.3) is 0 Å². The lowest BCUT2D eigenvalue weighted by molar-refractivity contribution is 0.0947. The van der Waals surface area contributed by atoms with Crippen LogP contribution in [0.5, 0.6) is 0 Å². The van der Waals surface area contributed by atoms with E-state index in [0.29, 0.717) is 12.8 Å². The lowest BCUT2D eigenvalue weighted by atomic mass is 9.94. The summed E-state index contributed by atoms with van der Waals surface area (Å²) < 4.78 is 0. The van der Waals surface area contributed by atoms with Crippen molar-refractivity contribution < 1.29 is 5.11 Å². The topological polar surface area (TPSA) is 20.2 Å². The third-order valence-corrected chi connectivity index (χ3v) is 2.88. The summed E-state index contributed by atoms with van der Waals surface area (Å²) in [4.78, 5) is 0. The van der Waals surface area contributed by atoms with E-state index < -0.39 is 13.7 Å². The van der Waals surface area contributed by atoms with Crippen molar-refractivity contribution in [1.82, 2.24) is 0 Å². The van der Waals surface area contributed by atoms with Crippen LogP contribution in [-0.2, 0) is 0 Å². The number of unbranched alkanes of at least 4 members (excludes halogenated alkanes) is 1. The lowest BCUT2D eigenvalue weighted by Crippen LogP contribution is -2.28. The molecule has 15 heavy (non-hydrogen) atoms. The molecule has 0 aromatic heterocycles. The summed E-state index contributed by atoms with van der Waals surface area (Å²) in [5.74, 6) is 5.51. The summed E-state index contributed by atoms with van der Waals surface area (Å²) in [6, 6.07) is 0. The highest BCUT2D eigenvalue weighted by atomic mass is 28.3. The summed E-state index contributed by atoms with van der Waals surface area (Å²) in [5.41, 5.74) is 2.25. The van der Waals surface area contributed by atoms with E-state index in [4.69, 9.17) is 6.42 Å². The molecule has 1 atom stereocenters. The summed E-state index contributed by atoms with van der Waals surface area (Å²) in [7, 11) is -1.42. The van der Waals surface area contributed by atoms with Crippen LogP contribution in [0.3, 0.4) is 0 Å². The van der Waals surface area contributed by atoms with E-state index in [9.17, 15) is 5.11 Å². The SMILES string of the molecule is C#CCC(O)(C#C[Si](C)(C)C)CCCC. The first kappa shape index (κ1) is 14.3. The molecular formula is C13H22OSi. The number of terminal acetylenes is 1. The molecule has 0 saturated carbocycles. The molecule has 0 aromatic carbocycles. The molecule has 0 radical (unpaired) electrons. The molecule has 0 aliphatic heterocycles. The summed E-state index contributed by atoms with van der Waals surface area (Å²) >= 11 is 0. The molecule has 0 aliphatic carbocycles. The summed E-state index contributed by atoms with van der Waals surface area (Å²) in [6.07, 6.45) is 8.31. The van der Waals surface area contributed by atoms with Crippen molar-refractivity contribution in [2.45, 2.75) is 57.8 Å². The van der Waals surface area contributed by atoms with Crippen molar-refractivity contribution in [2.24, 2.45) is 0 Å². The molecule has 0 saturated heterocycles. The van der Waals surface area contributed by atoms with Crippen molar-refractivity contribution in [2.75, 3.05) is 0 Å². The molecule has 1 N–H and O–H groups in total. The van der Waals surface area contributed by atoms with E-state index in [1.165, 1.54) is 0 Å². The Hall–Kier alpha value is -0.703. The number of hydrogen-bond donors (Lipinski definition) is 1. The van der Waals surface area contributed by atoms with Gasteiger partial charge in [-0.15, -0.1) is 17.9 Å². The average Bonchev–Trinajstić information content (AvgIpc) is 2.12. The minimum atomic E-state index is -1.42. The summed E-state index contributed by atoms with van der Waals surface area (Å²) in [6.45, 7) is 8.59. The van der Waals surface area contributed by atoms with E-state index in [1.807, 2.05) is 0 Å². The van der Waals surface area contributed by atoms with Gasteiger partial charge < -0.3 is 5.11 Å². The molecule has 0 aliphatic rings. The zero-order valence-corrected chi connectivity index (χ0v) is 11.4. The second-order valence-electron chi connectivity index (χ2n) is 5.02. The Morgan fingerprint density at radius 1 is 1.33 bits per heavy atom. The largest absolute Gasteiger partial charge is 0.377 e. The molecular weight excluding hydrogens is 200 g/mol. The fourth-order valence-corrected chi connectivity index (χ4v) is 1.74. The second kappa shape index (κ2) is 6.01. The molecule has 1 nitrogen and oxygen atoms in total. The van der Waals surface area contributed by atoms with Gasteiger partial charge in [-0.25, -0.2) is 0 Å². The van der Waals surface area contributed by atoms with Crippen molar-refractivity contribution in [3.8, 4) is 23.8 Å². The van der Waals surface area contributed by atoms with E-state index in [2.05, 4.69) is 43.9 Å². The predicted octanol–water partition coefficient (Wildman–Crippen LogP) is 2.81. The zero-order chi connectivity index (χ0) is 11.9. The second-order valence-corrected chi connectivity index (χ2v) is 9.77. The monoisotopic (exact) mass is 222 g/mol. The van der Waals surface area contributed by atoms with Crippen LogP contribution in [-0.4, -0.2) is 18.8 Å². The van der Waals surface area contributed by atoms with Crippen LogP contribution in [0, 0.1) is 23.8 Å². The smallest absolute Gasteiger partial charge is 0.135 e. The van der Waals surface area contributed by atoms with Gasteiger partial charge in [-0.1, -0.05) is 38.9 Å². The fourth-order valence-electron chi connectivity index (χ4n) is 1.14. The van der Waals surface area contributed by atoms with Gasteiger partial charge in [0.15, 0.2) is 0 Å². The molecule has 0 bridgehead atoms. The van der Waals surface area contributed by atoms with Crippen LogP contribution < -0.4 is 0 Å². The first-order valence-electron chi connectivity index (χ1n) is 5.53. The molecule has 0 fully saturated rings. The van der Waals surface area contributed by atoms with Gasteiger partial charge in [0.2, 0.25) is 0 Å². The lowest BCUT2D eigenvalue weighted by Gasteiger charge is -2.20. The van der Waals surface area contributed by atoms with Crippen LogP contribution in [0.15, 0.2) is 0 Å². The van der Waals surface area contributed by atoms with Gasteiger partial charge >= 0.3 is 0 Å². The third kappa shape index (κ3) is 7.25. The maximum absolute atomic E-state index is 10.2. The van der Waals surface area contributed by atoms with Gasteiger partial charge in [-0.3, -0.25) is 0 Å². The van der Waals surface area contributed by atoms with E-state index in [-0.39, 0.29) is 0 Å². The van der Waals surface area contributed by atoms with Crippen LogP contribution in [0.2, 0.25) is 19.6 Å². The molecule has 0 aromatic rings. The molecule has 0 amide bonds. The minimum Gasteiger partial charge on any atom is -0.377 e. The van der Waals surface area contributed by atoms with Crippen LogP contribution in [0.4, 0.5) is 0 Å². The van der Waals surface area contributed by atoms with Crippen molar-refractivity contribution in [1.29, 1.82) is 0 Å². The quantitative estimate of drug-likeness (QED) is 0.573. The molecule has 0 spiro atoms. The highest BCUT2D eigenvalue weighted by Crippen LogP contribution is 2.17. The van der Waals surface area contributed by atoms with Gasteiger partial charge in [0.05, 0.1) is 0 Å². The maximum Gasteiger partial charge on any atom is 0.135 e. The standard InChI is InChI=1S/C13H22OSi/c1-6-8-10-13(14,9-7-2)11-12-15(3,4)5/h2,14H,6,8-10H2,1,3-5H3. The molecule has 2 heteroatoms. The minimum absolute atomic E-state index is 0.338. The first-order valence-corrected chi connectivity index (χ1v) is 9.03. The average molecular weight is 222 g/mol. The Kier molecular flexibility index (Phi) is 5.72. The fraction of sp³-hybridized carbons (Fsp3) is 0.692. The number of rotatable bonds is 4. The molecule has 0 heterocycles. The highest BCUT2D eigenvalue weighted by Gasteiger charge is 2.22. The van der Waals surface area contributed by atoms with Gasteiger partial charge in [0.1, 0.15) is 13.7 Å². The van der Waals surface area contributed by atoms with Gasteiger partial charge in [0, 0.05) is 6.42 Å². The Labute approximate surface area is 95.3 Å². The zero-order valence-electron chi connectivity index (χ0n) is 10.4. The van der Waals surface area contributed by atoms with Gasteiger partial charge in [-0.2, -0.15) is 0 Å². The first-order chi connectivity index (χ1) is 6.83. The van der Waals surface area contributed by atoms with Gasteiger partial charge in [-0.05, 0) is 12.8 Å². The highest BCUT2D eigenvalue weighted by molar-refractivity contribution is 6.83. The normalized spacial score (nSPS) is 14.7. The van der Waals surface area contributed by atoms with Crippen molar-refractivity contribution >= 4 is 8.07 Å². The molecule has 84 valence electrons. The Morgan fingerprint density at radius 2 is 1.93 bits per heavy atom. The van der Waals surface area contributed by atoms with E-state index in [0.717, 1.165) is 12.8 Å². The van der Waals surface area contributed by atoms with Crippen LogP contribution in [0.1, 0.15) is 32.6 Å². The van der Waals surface area contributed by atoms with E-state index >= 15 is 0 Å². The van der Waals surface area contributed by atoms with Crippen molar-refractivity contribution in [3.63, 3.8) is 0 Å². The van der Waals surface area contributed by atoms with Crippen LogP contribution >= 0.6 is 0 Å². The number of aliphatic hydroxyl groups is 1. The Morgan fingerprint density at radius 3 is 2.33 bits per heavy atom. The van der Waals surface area contributed by atoms with Crippen molar-refractivity contribution in [3.05, 3.63) is 0 Å². The summed E-state index contributed by atoms with van der Waals surface area (Å²) in [5, 5.41) is 10.2.